The molecule has 5 heteroatoms. The van der Waals surface area contributed by atoms with E-state index in [9.17, 15) is 8.78 Å². The summed E-state index contributed by atoms with van der Waals surface area (Å²) < 4.78 is 26.6. The predicted octanol–water partition coefficient (Wildman–Crippen LogP) is 4.77. The van der Waals surface area contributed by atoms with Gasteiger partial charge >= 0.3 is 0 Å². The van der Waals surface area contributed by atoms with Crippen LogP contribution < -0.4 is 5.32 Å². The molecule has 0 radical (unpaired) electrons. The van der Waals surface area contributed by atoms with Crippen molar-refractivity contribution in [3.05, 3.63) is 63.6 Å². The average molecular weight is 337 g/mol. The lowest BCUT2D eigenvalue weighted by molar-refractivity contribution is 0.619. The van der Waals surface area contributed by atoms with Gasteiger partial charge < -0.3 is 5.32 Å². The van der Waals surface area contributed by atoms with E-state index in [0.29, 0.717) is 10.2 Å². The van der Waals surface area contributed by atoms with E-state index in [1.165, 1.54) is 24.3 Å². The molecule has 2 nitrogen and oxygen atoms in total. The Bertz CT molecular complexity index is 680. The molecule has 2 aromatic carbocycles. The molecule has 0 aliphatic rings. The second-order valence-electron chi connectivity index (χ2n) is 4.34. The van der Waals surface area contributed by atoms with Gasteiger partial charge in [-0.05, 0) is 58.7 Å². The molecule has 0 saturated heterocycles. The molecule has 0 bridgehead atoms. The molecular formula is C15H11BrF2N2. The molecule has 0 saturated carbocycles. The predicted molar refractivity (Wildman–Crippen MR) is 77.3 cm³/mol. The maximum Gasteiger partial charge on any atom is 0.137 e. The molecule has 1 unspecified atom stereocenters. The van der Waals surface area contributed by atoms with E-state index >= 15 is 0 Å². The van der Waals surface area contributed by atoms with E-state index in [4.69, 9.17) is 5.26 Å². The van der Waals surface area contributed by atoms with Crippen LogP contribution in [0.5, 0.6) is 0 Å². The number of nitriles is 1. The first-order valence-electron chi connectivity index (χ1n) is 5.92. The van der Waals surface area contributed by atoms with E-state index in [1.54, 1.807) is 12.1 Å². The Morgan fingerprint density at radius 3 is 2.60 bits per heavy atom. The van der Waals surface area contributed by atoms with Gasteiger partial charge in [-0.25, -0.2) is 8.78 Å². The fraction of sp³-hybridized carbons (Fsp3) is 0.133. The van der Waals surface area contributed by atoms with Crippen LogP contribution >= 0.6 is 15.9 Å². The Kier molecular flexibility index (Phi) is 4.35. The molecule has 0 aliphatic carbocycles. The number of anilines is 1. The largest absolute Gasteiger partial charge is 0.377 e. The van der Waals surface area contributed by atoms with Gasteiger partial charge in [0.05, 0.1) is 15.7 Å². The molecule has 102 valence electrons. The summed E-state index contributed by atoms with van der Waals surface area (Å²) in [5, 5.41) is 12.1. The minimum atomic E-state index is -0.454. The number of halogens is 3. The number of hydrogen-bond donors (Lipinski definition) is 1. The first-order valence-corrected chi connectivity index (χ1v) is 6.71. The van der Waals surface area contributed by atoms with Crippen LogP contribution in [0.4, 0.5) is 14.5 Å². The Morgan fingerprint density at radius 2 is 1.95 bits per heavy atom. The fourth-order valence-electron chi connectivity index (χ4n) is 1.83. The fourth-order valence-corrected chi connectivity index (χ4v) is 2.23. The summed E-state index contributed by atoms with van der Waals surface area (Å²) in [6.07, 6.45) is 0. The van der Waals surface area contributed by atoms with Gasteiger partial charge in [0, 0.05) is 6.04 Å². The number of nitrogens with zero attached hydrogens (tertiary/aromatic N) is 1. The lowest BCUT2D eigenvalue weighted by Crippen LogP contribution is -2.08. The third kappa shape index (κ3) is 3.14. The molecule has 0 heterocycles. The van der Waals surface area contributed by atoms with E-state index < -0.39 is 5.82 Å². The second-order valence-corrected chi connectivity index (χ2v) is 5.20. The highest BCUT2D eigenvalue weighted by atomic mass is 79.9. The molecule has 1 atom stereocenters. The Labute approximate surface area is 124 Å². The molecule has 1 N–H and O–H groups in total. The van der Waals surface area contributed by atoms with Crippen molar-refractivity contribution >= 4 is 21.6 Å². The highest BCUT2D eigenvalue weighted by Crippen LogP contribution is 2.25. The van der Waals surface area contributed by atoms with Gasteiger partial charge in [-0.2, -0.15) is 5.26 Å². The second kappa shape index (κ2) is 6.02. The van der Waals surface area contributed by atoms with Crippen LogP contribution in [-0.4, -0.2) is 0 Å². The van der Waals surface area contributed by atoms with Crippen molar-refractivity contribution in [2.24, 2.45) is 0 Å². The molecule has 0 amide bonds. The minimum absolute atomic E-state index is 0.149. The van der Waals surface area contributed by atoms with Crippen LogP contribution in [0.3, 0.4) is 0 Å². The Morgan fingerprint density at radius 1 is 1.20 bits per heavy atom. The maximum absolute atomic E-state index is 13.2. The highest BCUT2D eigenvalue weighted by molar-refractivity contribution is 9.10. The van der Waals surface area contributed by atoms with Gasteiger partial charge in [0.15, 0.2) is 0 Å². The highest BCUT2D eigenvalue weighted by Gasteiger charge is 2.11. The molecule has 0 aliphatic heterocycles. The van der Waals surface area contributed by atoms with E-state index in [1.807, 2.05) is 13.0 Å². The van der Waals surface area contributed by atoms with E-state index in [0.717, 1.165) is 5.56 Å². The zero-order valence-electron chi connectivity index (χ0n) is 10.6. The van der Waals surface area contributed by atoms with Crippen LogP contribution in [0.25, 0.3) is 0 Å². The average Bonchev–Trinajstić information content (AvgIpc) is 2.43. The molecule has 0 fully saturated rings. The summed E-state index contributed by atoms with van der Waals surface area (Å²) in [6, 6.07) is 10.5. The summed E-state index contributed by atoms with van der Waals surface area (Å²) in [5.41, 5.74) is 1.63. The molecular weight excluding hydrogens is 326 g/mol. The van der Waals surface area contributed by atoms with Gasteiger partial charge in [-0.15, -0.1) is 0 Å². The van der Waals surface area contributed by atoms with Gasteiger partial charge in [0.25, 0.3) is 0 Å². The SMILES string of the molecule is CC(Nc1ccc(F)cc1C#N)c1ccc(F)c(Br)c1. The number of rotatable bonds is 3. The number of benzene rings is 2. The Balaban J connectivity index is 2.25. The van der Waals surface area contributed by atoms with Crippen LogP contribution in [-0.2, 0) is 0 Å². The van der Waals surface area contributed by atoms with Gasteiger partial charge in [0.2, 0.25) is 0 Å². The van der Waals surface area contributed by atoms with Crippen LogP contribution in [0.2, 0.25) is 0 Å². The van der Waals surface area contributed by atoms with E-state index in [2.05, 4.69) is 21.2 Å². The van der Waals surface area contributed by atoms with Gasteiger partial charge in [0.1, 0.15) is 17.7 Å². The quantitative estimate of drug-likeness (QED) is 0.876. The molecule has 2 aromatic rings. The zero-order valence-corrected chi connectivity index (χ0v) is 12.2. The lowest BCUT2D eigenvalue weighted by Gasteiger charge is -2.17. The van der Waals surface area contributed by atoms with Crippen molar-refractivity contribution in [2.75, 3.05) is 5.32 Å². The first kappa shape index (κ1) is 14.5. The minimum Gasteiger partial charge on any atom is -0.377 e. The molecule has 2 rings (SSSR count). The molecule has 0 spiro atoms. The van der Waals surface area contributed by atoms with Crippen molar-refractivity contribution in [2.45, 2.75) is 13.0 Å². The molecule has 20 heavy (non-hydrogen) atoms. The smallest absolute Gasteiger partial charge is 0.137 e. The van der Waals surface area contributed by atoms with Crippen molar-refractivity contribution in [1.29, 1.82) is 5.26 Å². The molecule has 0 aromatic heterocycles. The topological polar surface area (TPSA) is 35.8 Å². The summed E-state index contributed by atoms with van der Waals surface area (Å²) in [6.45, 7) is 1.88. The van der Waals surface area contributed by atoms with Crippen molar-refractivity contribution in [3.8, 4) is 6.07 Å². The summed E-state index contributed by atoms with van der Waals surface area (Å²) in [4.78, 5) is 0. The van der Waals surface area contributed by atoms with E-state index in [-0.39, 0.29) is 17.4 Å². The van der Waals surface area contributed by atoms with Gasteiger partial charge in [-0.3, -0.25) is 0 Å². The van der Waals surface area contributed by atoms with Crippen molar-refractivity contribution in [1.82, 2.24) is 0 Å². The zero-order chi connectivity index (χ0) is 14.7. The summed E-state index contributed by atoms with van der Waals surface area (Å²) >= 11 is 3.13. The number of hydrogen-bond acceptors (Lipinski definition) is 2. The van der Waals surface area contributed by atoms with Crippen LogP contribution in [0, 0.1) is 23.0 Å². The normalized spacial score (nSPS) is 11.8. The van der Waals surface area contributed by atoms with Crippen LogP contribution in [0.15, 0.2) is 40.9 Å². The third-order valence-corrected chi connectivity index (χ3v) is 3.53. The first-order chi connectivity index (χ1) is 9.51. The van der Waals surface area contributed by atoms with Crippen LogP contribution in [0.1, 0.15) is 24.1 Å². The maximum atomic E-state index is 13.2. The van der Waals surface area contributed by atoms with Crippen molar-refractivity contribution < 1.29 is 8.78 Å². The van der Waals surface area contributed by atoms with Gasteiger partial charge in [-0.1, -0.05) is 6.07 Å². The monoisotopic (exact) mass is 336 g/mol. The van der Waals surface area contributed by atoms with Crippen molar-refractivity contribution in [3.63, 3.8) is 0 Å². The Hall–Kier alpha value is -1.93. The number of nitrogens with one attached hydrogen (secondary N) is 1. The standard InChI is InChI=1S/C15H11BrF2N2/c1-9(10-2-4-14(18)13(16)7-10)20-15-5-3-12(17)6-11(15)8-19/h2-7,9,20H,1H3. The summed E-state index contributed by atoms with van der Waals surface area (Å²) in [5.74, 6) is -0.787. The lowest BCUT2D eigenvalue weighted by atomic mass is 10.1. The third-order valence-electron chi connectivity index (χ3n) is 2.92. The summed E-state index contributed by atoms with van der Waals surface area (Å²) in [7, 11) is 0.